The molecule has 3 rings (SSSR count). The Hall–Kier alpha value is -4.75. The third-order valence-corrected chi connectivity index (χ3v) is 6.82. The molecule has 4 atom stereocenters. The number of phenolic OH excluding ortho intramolecular Hbond substituents is 1. The summed E-state index contributed by atoms with van der Waals surface area (Å²) in [4.78, 5) is 58.7. The summed E-state index contributed by atoms with van der Waals surface area (Å²) in [5.41, 5.74) is 13.7. The fourth-order valence-corrected chi connectivity index (χ4v) is 4.44. The van der Waals surface area contributed by atoms with E-state index in [0.717, 1.165) is 5.56 Å². The number of aromatic hydroxyl groups is 1. The van der Waals surface area contributed by atoms with Crippen molar-refractivity contribution in [3.63, 3.8) is 0 Å². The molecule has 0 spiro atoms. The first-order valence-corrected chi connectivity index (χ1v) is 14.0. The summed E-state index contributed by atoms with van der Waals surface area (Å²) in [5, 5.41) is 27.2. The normalized spacial score (nSPS) is 13.7. The molecule has 1 heterocycles. The molecular weight excluding hydrogens is 554 g/mol. The number of carbonyl (C=O) groups excluding carboxylic acids is 3. The summed E-state index contributed by atoms with van der Waals surface area (Å²) in [7, 11) is 0. The van der Waals surface area contributed by atoms with Gasteiger partial charge in [0, 0.05) is 31.2 Å². The molecule has 13 nitrogen and oxygen atoms in total. The molecule has 0 aliphatic heterocycles. The van der Waals surface area contributed by atoms with Gasteiger partial charge < -0.3 is 42.6 Å². The number of imidazole rings is 1. The molecular formula is C30H39N7O6. The van der Waals surface area contributed by atoms with Crippen LogP contribution in [0.15, 0.2) is 67.1 Å². The molecule has 13 heteroatoms. The number of hydrogen-bond donors (Lipinski definition) is 8. The summed E-state index contributed by atoms with van der Waals surface area (Å²) in [5.74, 6) is -3.09. The number of aromatic nitrogens is 2. The molecule has 1 aromatic heterocycles. The van der Waals surface area contributed by atoms with Crippen LogP contribution in [0.25, 0.3) is 0 Å². The number of nitrogens with zero attached hydrogens (tertiary/aromatic N) is 1. The summed E-state index contributed by atoms with van der Waals surface area (Å²) < 4.78 is 0. The Morgan fingerprint density at radius 3 is 2.02 bits per heavy atom. The van der Waals surface area contributed by atoms with Crippen LogP contribution in [0.1, 0.15) is 36.1 Å². The van der Waals surface area contributed by atoms with Gasteiger partial charge in [-0.3, -0.25) is 14.4 Å². The number of carbonyl (C=O) groups is 4. The second-order valence-corrected chi connectivity index (χ2v) is 10.3. The number of H-pyrrole nitrogens is 1. The molecule has 10 N–H and O–H groups in total. The number of carboxylic acid groups (broad SMARTS) is 1. The number of carboxylic acids is 1. The number of nitrogens with two attached hydrogens (primary N) is 2. The van der Waals surface area contributed by atoms with E-state index in [-0.39, 0.29) is 31.4 Å². The van der Waals surface area contributed by atoms with Crippen LogP contribution in [0.4, 0.5) is 0 Å². The molecule has 0 radical (unpaired) electrons. The first-order valence-electron chi connectivity index (χ1n) is 14.0. The number of nitrogens with one attached hydrogen (secondary N) is 4. The molecule has 0 fully saturated rings. The largest absolute Gasteiger partial charge is 0.508 e. The van der Waals surface area contributed by atoms with Crippen LogP contribution in [-0.2, 0) is 38.4 Å². The third kappa shape index (κ3) is 10.9. The lowest BCUT2D eigenvalue weighted by Crippen LogP contribution is -2.58. The van der Waals surface area contributed by atoms with E-state index in [9.17, 15) is 29.4 Å². The monoisotopic (exact) mass is 593 g/mol. The molecule has 230 valence electrons. The molecule has 3 amide bonds. The molecule has 0 bridgehead atoms. The smallest absolute Gasteiger partial charge is 0.326 e. The molecule has 43 heavy (non-hydrogen) atoms. The van der Waals surface area contributed by atoms with E-state index in [1.165, 1.54) is 18.5 Å². The average molecular weight is 594 g/mol. The molecule has 0 aliphatic rings. The minimum Gasteiger partial charge on any atom is -0.508 e. The quantitative estimate of drug-likeness (QED) is 0.0995. The van der Waals surface area contributed by atoms with Crippen molar-refractivity contribution in [2.24, 2.45) is 11.5 Å². The van der Waals surface area contributed by atoms with E-state index < -0.39 is 47.9 Å². The van der Waals surface area contributed by atoms with Crippen LogP contribution >= 0.6 is 0 Å². The van der Waals surface area contributed by atoms with Gasteiger partial charge in [0.25, 0.3) is 0 Å². The van der Waals surface area contributed by atoms with Gasteiger partial charge >= 0.3 is 5.97 Å². The Kier molecular flexibility index (Phi) is 12.7. The van der Waals surface area contributed by atoms with Crippen LogP contribution < -0.4 is 27.4 Å². The molecule has 0 aliphatic carbocycles. The second-order valence-electron chi connectivity index (χ2n) is 10.3. The standard InChI is InChI=1S/C30H39N7O6/c31-13-5-4-8-24(28(40)37-26(30(42)43)15-20-9-11-22(38)12-10-20)35-29(41)25(14-19-6-2-1-3-7-19)36-27(39)23(32)16-21-17-33-18-34-21/h1-3,6-7,9-12,17-18,23-26,38H,4-5,8,13-16,31-32H2,(H,33,34)(H,35,41)(H,36,39)(H,37,40)(H,42,43). The first kappa shape index (κ1) is 32.8. The van der Waals surface area contributed by atoms with E-state index in [1.807, 2.05) is 18.2 Å². The Morgan fingerprint density at radius 2 is 1.40 bits per heavy atom. The summed E-state index contributed by atoms with van der Waals surface area (Å²) in [6, 6.07) is 10.6. The van der Waals surface area contributed by atoms with Crippen molar-refractivity contribution in [3.05, 3.63) is 83.9 Å². The maximum absolute atomic E-state index is 13.6. The fraction of sp³-hybridized carbons (Fsp3) is 0.367. The van der Waals surface area contributed by atoms with Gasteiger partial charge in [-0.25, -0.2) is 9.78 Å². The fourth-order valence-electron chi connectivity index (χ4n) is 4.44. The summed E-state index contributed by atoms with van der Waals surface area (Å²) in [6.07, 6.45) is 4.58. The van der Waals surface area contributed by atoms with Gasteiger partial charge in [-0.05, 0) is 49.1 Å². The number of amides is 3. The lowest BCUT2D eigenvalue weighted by Gasteiger charge is -2.25. The van der Waals surface area contributed by atoms with Crippen molar-refractivity contribution in [2.75, 3.05) is 6.54 Å². The van der Waals surface area contributed by atoms with Gasteiger partial charge in [0.05, 0.1) is 12.4 Å². The highest BCUT2D eigenvalue weighted by atomic mass is 16.4. The van der Waals surface area contributed by atoms with Gasteiger partial charge in [0.15, 0.2) is 0 Å². The van der Waals surface area contributed by atoms with Crippen molar-refractivity contribution in [1.29, 1.82) is 0 Å². The van der Waals surface area contributed by atoms with Crippen molar-refractivity contribution in [1.82, 2.24) is 25.9 Å². The Labute approximate surface area is 249 Å². The highest BCUT2D eigenvalue weighted by Gasteiger charge is 2.30. The van der Waals surface area contributed by atoms with Crippen LogP contribution in [0, 0.1) is 0 Å². The Morgan fingerprint density at radius 1 is 0.791 bits per heavy atom. The molecule has 0 saturated carbocycles. The van der Waals surface area contributed by atoms with Gasteiger partial charge in [0.1, 0.15) is 23.9 Å². The number of rotatable bonds is 17. The molecule has 0 saturated heterocycles. The van der Waals surface area contributed by atoms with E-state index in [1.54, 1.807) is 30.5 Å². The van der Waals surface area contributed by atoms with E-state index >= 15 is 0 Å². The zero-order chi connectivity index (χ0) is 31.2. The molecule has 2 aromatic carbocycles. The first-order chi connectivity index (χ1) is 20.7. The van der Waals surface area contributed by atoms with E-state index in [4.69, 9.17) is 11.5 Å². The van der Waals surface area contributed by atoms with Crippen LogP contribution in [0.5, 0.6) is 5.75 Å². The maximum Gasteiger partial charge on any atom is 0.326 e. The van der Waals surface area contributed by atoms with Crippen LogP contribution in [0.3, 0.4) is 0 Å². The number of hydrogen-bond acceptors (Lipinski definition) is 8. The van der Waals surface area contributed by atoms with Gasteiger partial charge in [0.2, 0.25) is 17.7 Å². The van der Waals surface area contributed by atoms with Crippen molar-refractivity contribution in [3.8, 4) is 5.75 Å². The minimum absolute atomic E-state index is 0.0294. The average Bonchev–Trinajstić information content (AvgIpc) is 3.50. The number of unbranched alkanes of at least 4 members (excludes halogenated alkanes) is 1. The second kappa shape index (κ2) is 16.6. The highest BCUT2D eigenvalue weighted by Crippen LogP contribution is 2.12. The predicted molar refractivity (Wildman–Crippen MR) is 159 cm³/mol. The molecule has 3 aromatic rings. The SMILES string of the molecule is NCCCCC(NC(=O)C(Cc1ccccc1)NC(=O)C(N)Cc1cnc[nH]1)C(=O)NC(Cc1ccc(O)cc1)C(=O)O. The van der Waals surface area contributed by atoms with Crippen LogP contribution in [0.2, 0.25) is 0 Å². The number of phenols is 1. The Balaban J connectivity index is 1.75. The van der Waals surface area contributed by atoms with E-state index in [2.05, 4.69) is 25.9 Å². The zero-order valence-corrected chi connectivity index (χ0v) is 23.7. The molecule has 4 unspecified atom stereocenters. The predicted octanol–water partition coefficient (Wildman–Crippen LogP) is 0.139. The highest BCUT2D eigenvalue weighted by molar-refractivity contribution is 5.94. The van der Waals surface area contributed by atoms with Gasteiger partial charge in [-0.2, -0.15) is 0 Å². The topological polar surface area (TPSA) is 226 Å². The summed E-state index contributed by atoms with van der Waals surface area (Å²) in [6.45, 7) is 0.377. The van der Waals surface area contributed by atoms with Gasteiger partial charge in [-0.1, -0.05) is 42.5 Å². The lowest BCUT2D eigenvalue weighted by atomic mass is 10.0. The summed E-state index contributed by atoms with van der Waals surface area (Å²) >= 11 is 0. The Bertz CT molecular complexity index is 1320. The van der Waals surface area contributed by atoms with Crippen molar-refractivity contribution < 1.29 is 29.4 Å². The lowest BCUT2D eigenvalue weighted by molar-refractivity contribution is -0.142. The van der Waals surface area contributed by atoms with Gasteiger partial charge in [-0.15, -0.1) is 0 Å². The minimum atomic E-state index is -1.29. The number of aromatic amines is 1. The number of aliphatic carboxylic acids is 1. The zero-order valence-electron chi connectivity index (χ0n) is 23.7. The third-order valence-electron chi connectivity index (χ3n) is 6.82. The number of benzene rings is 2. The van der Waals surface area contributed by atoms with E-state index in [0.29, 0.717) is 30.6 Å². The van der Waals surface area contributed by atoms with Crippen LogP contribution in [-0.4, -0.2) is 74.6 Å². The van der Waals surface area contributed by atoms with Crippen molar-refractivity contribution in [2.45, 2.75) is 62.7 Å². The maximum atomic E-state index is 13.6. The van der Waals surface area contributed by atoms with Crippen molar-refractivity contribution >= 4 is 23.7 Å².